The molecule has 182 valence electrons. The van der Waals surface area contributed by atoms with Gasteiger partial charge in [0.05, 0.1) is 17.3 Å². The molecule has 2 fully saturated rings. The molecule has 0 radical (unpaired) electrons. The number of rotatable bonds is 5. The van der Waals surface area contributed by atoms with Gasteiger partial charge in [0.1, 0.15) is 5.66 Å². The van der Waals surface area contributed by atoms with Crippen molar-refractivity contribution in [2.24, 2.45) is 11.8 Å². The summed E-state index contributed by atoms with van der Waals surface area (Å²) in [5.74, 6) is -4.92. The average Bonchev–Trinajstić information content (AvgIpc) is 3.23. The number of para-hydroxylation sites is 2. The molecule has 1 amide bonds. The van der Waals surface area contributed by atoms with Crippen molar-refractivity contribution in [2.75, 3.05) is 10.6 Å². The van der Waals surface area contributed by atoms with Crippen molar-refractivity contribution in [2.45, 2.75) is 75.9 Å². The largest absolute Gasteiger partial charge is 0.357 e. The second kappa shape index (κ2) is 9.51. The Hall–Kier alpha value is -2.70. The fraction of sp³-hybridized carbons (Fsp3) is 0.519. The lowest BCUT2D eigenvalue weighted by Gasteiger charge is -2.44. The Bertz CT molecular complexity index is 1020. The molecule has 0 bridgehead atoms. The SMILES string of the molecule is O=C(NC1CCCCC1)C(C1CCCCC1)C1(c2ccc(F)c(F)c2F)Nc2ccccc2N1. The van der Waals surface area contributed by atoms with Crippen molar-refractivity contribution in [3.8, 4) is 0 Å². The van der Waals surface area contributed by atoms with Crippen LogP contribution in [0.1, 0.15) is 69.8 Å². The van der Waals surface area contributed by atoms with Gasteiger partial charge in [-0.3, -0.25) is 4.79 Å². The molecule has 7 heteroatoms. The molecule has 0 saturated heterocycles. The summed E-state index contributed by atoms with van der Waals surface area (Å²) < 4.78 is 43.8. The van der Waals surface area contributed by atoms with Crippen molar-refractivity contribution in [3.63, 3.8) is 0 Å². The van der Waals surface area contributed by atoms with E-state index in [1.54, 1.807) is 0 Å². The highest BCUT2D eigenvalue weighted by atomic mass is 19.2. The second-order valence-electron chi connectivity index (χ2n) is 10.0. The fourth-order valence-electron chi connectivity index (χ4n) is 6.22. The zero-order valence-electron chi connectivity index (χ0n) is 19.3. The van der Waals surface area contributed by atoms with Crippen molar-refractivity contribution >= 4 is 17.3 Å². The first kappa shape index (κ1) is 23.1. The van der Waals surface area contributed by atoms with Crippen LogP contribution in [0.2, 0.25) is 0 Å². The van der Waals surface area contributed by atoms with Gasteiger partial charge in [-0.2, -0.15) is 0 Å². The van der Waals surface area contributed by atoms with Crippen LogP contribution in [0.15, 0.2) is 36.4 Å². The summed E-state index contributed by atoms with van der Waals surface area (Å²) in [5.41, 5.74) is -0.0870. The topological polar surface area (TPSA) is 53.2 Å². The Morgan fingerprint density at radius 1 is 0.824 bits per heavy atom. The van der Waals surface area contributed by atoms with E-state index in [0.29, 0.717) is 11.4 Å². The van der Waals surface area contributed by atoms with Crippen LogP contribution in [0.25, 0.3) is 0 Å². The minimum Gasteiger partial charge on any atom is -0.357 e. The van der Waals surface area contributed by atoms with Crippen LogP contribution in [0.3, 0.4) is 0 Å². The second-order valence-corrected chi connectivity index (χ2v) is 10.0. The van der Waals surface area contributed by atoms with Gasteiger partial charge in [-0.1, -0.05) is 50.7 Å². The molecule has 3 aliphatic rings. The smallest absolute Gasteiger partial charge is 0.228 e. The van der Waals surface area contributed by atoms with Crippen molar-refractivity contribution in [3.05, 3.63) is 59.4 Å². The van der Waals surface area contributed by atoms with Gasteiger partial charge in [0, 0.05) is 11.6 Å². The van der Waals surface area contributed by atoms with Crippen LogP contribution in [0.5, 0.6) is 0 Å². The molecule has 4 nitrogen and oxygen atoms in total. The number of anilines is 2. The van der Waals surface area contributed by atoms with E-state index in [4.69, 9.17) is 0 Å². The molecule has 2 saturated carbocycles. The normalized spacial score (nSPS) is 21.3. The Labute approximate surface area is 198 Å². The van der Waals surface area contributed by atoms with E-state index in [9.17, 15) is 13.6 Å². The zero-order chi connectivity index (χ0) is 23.7. The van der Waals surface area contributed by atoms with E-state index in [1.165, 1.54) is 12.5 Å². The Balaban J connectivity index is 1.62. The Morgan fingerprint density at radius 3 is 2.03 bits per heavy atom. The number of carbonyl (C=O) groups is 1. The van der Waals surface area contributed by atoms with E-state index >= 15 is 4.39 Å². The molecule has 2 aliphatic carbocycles. The summed E-state index contributed by atoms with van der Waals surface area (Å²) in [6.07, 6.45) is 9.90. The van der Waals surface area contributed by atoms with E-state index in [-0.39, 0.29) is 23.4 Å². The third-order valence-electron chi connectivity index (χ3n) is 7.87. The molecule has 1 heterocycles. The maximum atomic E-state index is 15.4. The first-order chi connectivity index (χ1) is 16.5. The summed E-state index contributed by atoms with van der Waals surface area (Å²) in [7, 11) is 0. The summed E-state index contributed by atoms with van der Waals surface area (Å²) in [6.45, 7) is 0. The van der Waals surface area contributed by atoms with Gasteiger partial charge in [0.25, 0.3) is 0 Å². The number of amides is 1. The summed E-state index contributed by atoms with van der Waals surface area (Å²) in [4.78, 5) is 14.0. The van der Waals surface area contributed by atoms with Crippen LogP contribution in [-0.4, -0.2) is 11.9 Å². The summed E-state index contributed by atoms with van der Waals surface area (Å²) >= 11 is 0. The third-order valence-corrected chi connectivity index (χ3v) is 7.87. The fourth-order valence-corrected chi connectivity index (χ4v) is 6.22. The predicted molar refractivity (Wildman–Crippen MR) is 127 cm³/mol. The molecular formula is C27H32F3N3O. The van der Waals surface area contributed by atoms with E-state index in [2.05, 4.69) is 16.0 Å². The van der Waals surface area contributed by atoms with Crippen LogP contribution in [0, 0.1) is 29.3 Å². The van der Waals surface area contributed by atoms with Crippen molar-refractivity contribution in [1.29, 1.82) is 0 Å². The lowest BCUT2D eigenvalue weighted by Crippen LogP contribution is -2.57. The zero-order valence-corrected chi connectivity index (χ0v) is 19.3. The highest BCUT2D eigenvalue weighted by Gasteiger charge is 2.53. The quantitative estimate of drug-likeness (QED) is 0.440. The number of fused-ring (bicyclic) bond motifs is 1. The van der Waals surface area contributed by atoms with Gasteiger partial charge in [-0.25, -0.2) is 13.2 Å². The minimum absolute atomic E-state index is 0.0285. The van der Waals surface area contributed by atoms with Gasteiger partial charge >= 0.3 is 0 Å². The van der Waals surface area contributed by atoms with Crippen molar-refractivity contribution < 1.29 is 18.0 Å². The average molecular weight is 472 g/mol. The Kier molecular flexibility index (Phi) is 6.45. The number of hydrogen-bond acceptors (Lipinski definition) is 3. The lowest BCUT2D eigenvalue weighted by molar-refractivity contribution is -0.130. The van der Waals surface area contributed by atoms with Crippen LogP contribution in [0.4, 0.5) is 24.5 Å². The van der Waals surface area contributed by atoms with E-state index in [1.807, 2.05) is 24.3 Å². The number of hydrogen-bond donors (Lipinski definition) is 3. The maximum absolute atomic E-state index is 15.4. The molecule has 0 aromatic heterocycles. The number of benzene rings is 2. The molecule has 1 unspecified atom stereocenters. The summed E-state index contributed by atoms with van der Waals surface area (Å²) in [6, 6.07) is 9.69. The van der Waals surface area contributed by atoms with Gasteiger partial charge in [-0.05, 0) is 55.9 Å². The van der Waals surface area contributed by atoms with Gasteiger partial charge in [0.15, 0.2) is 17.5 Å². The molecule has 2 aromatic rings. The molecule has 3 N–H and O–H groups in total. The number of halogens is 3. The Morgan fingerprint density at radius 2 is 1.41 bits per heavy atom. The summed E-state index contributed by atoms with van der Waals surface area (Å²) in [5, 5.41) is 9.98. The highest BCUT2D eigenvalue weighted by molar-refractivity contribution is 5.86. The molecule has 34 heavy (non-hydrogen) atoms. The monoisotopic (exact) mass is 471 g/mol. The van der Waals surface area contributed by atoms with Gasteiger partial charge in [0.2, 0.25) is 5.91 Å². The first-order valence-corrected chi connectivity index (χ1v) is 12.6. The highest BCUT2D eigenvalue weighted by Crippen LogP contribution is 2.49. The molecule has 2 aromatic carbocycles. The minimum atomic E-state index is -1.52. The van der Waals surface area contributed by atoms with Crippen LogP contribution < -0.4 is 16.0 Å². The molecule has 1 aliphatic heterocycles. The molecule has 1 atom stereocenters. The van der Waals surface area contributed by atoms with Crippen LogP contribution in [-0.2, 0) is 10.5 Å². The number of nitrogens with one attached hydrogen (secondary N) is 3. The van der Waals surface area contributed by atoms with Crippen molar-refractivity contribution in [1.82, 2.24) is 5.32 Å². The van der Waals surface area contributed by atoms with E-state index < -0.39 is 29.0 Å². The van der Waals surface area contributed by atoms with Crippen LogP contribution >= 0.6 is 0 Å². The van der Waals surface area contributed by atoms with E-state index in [0.717, 1.165) is 63.9 Å². The van der Waals surface area contributed by atoms with Gasteiger partial charge < -0.3 is 16.0 Å². The first-order valence-electron chi connectivity index (χ1n) is 12.6. The molecular weight excluding hydrogens is 439 g/mol. The molecule has 5 rings (SSSR count). The van der Waals surface area contributed by atoms with Gasteiger partial charge in [-0.15, -0.1) is 0 Å². The number of carbonyl (C=O) groups excluding carboxylic acids is 1. The predicted octanol–water partition coefficient (Wildman–Crippen LogP) is 6.44. The molecule has 0 spiro atoms. The standard InChI is InChI=1S/C27H32F3N3O/c28-20-16-15-19(24(29)25(20)30)27(32-21-13-7-8-14-22(21)33-27)23(17-9-3-1-4-10-17)26(34)31-18-11-5-2-6-12-18/h7-8,13-18,23,32-33H,1-6,9-12H2,(H,31,34). The third kappa shape index (κ3) is 4.14. The lowest BCUT2D eigenvalue weighted by atomic mass is 9.70. The maximum Gasteiger partial charge on any atom is 0.228 e.